The fourth-order valence-corrected chi connectivity index (χ4v) is 8.37. The molecule has 1 radical (unpaired) electrons. The van der Waals surface area contributed by atoms with Crippen LogP contribution in [-0.4, -0.2) is 18.0 Å². The Morgan fingerprint density at radius 3 is 2.25 bits per heavy atom. The summed E-state index contributed by atoms with van der Waals surface area (Å²) in [5.41, 5.74) is 6.69. The third-order valence-corrected chi connectivity index (χ3v) is 10.4. The summed E-state index contributed by atoms with van der Waals surface area (Å²) >= 11 is 1.91. The molecule has 0 aliphatic carbocycles. The molecule has 40 heavy (non-hydrogen) atoms. The van der Waals surface area contributed by atoms with E-state index in [2.05, 4.69) is 104 Å². The number of fused-ring (bicyclic) bond motifs is 3. The summed E-state index contributed by atoms with van der Waals surface area (Å²) in [7, 11) is -1.40. The minimum Gasteiger partial charge on any atom is -0.305 e. The summed E-state index contributed by atoms with van der Waals surface area (Å²) in [6, 6.07) is 33.9. The van der Waals surface area contributed by atoms with E-state index in [0.717, 1.165) is 22.5 Å². The second-order valence-corrected chi connectivity index (χ2v) is 17.3. The van der Waals surface area contributed by atoms with E-state index in [1.807, 2.05) is 61.0 Å². The molecule has 6 rings (SSSR count). The Labute approximate surface area is 256 Å². The first-order chi connectivity index (χ1) is 18.7. The van der Waals surface area contributed by atoms with Crippen molar-refractivity contribution >= 4 is 44.8 Å². The zero-order chi connectivity index (χ0) is 27.6. The molecule has 0 bridgehead atoms. The number of rotatable bonds is 4. The Kier molecular flexibility index (Phi) is 9.53. The molecule has 0 fully saturated rings. The number of aryl methyl sites for hydroxylation is 1. The van der Waals surface area contributed by atoms with Crippen molar-refractivity contribution in [3.05, 3.63) is 115 Å². The SMILES string of the molecule is CC(C)c1ccnc(-c2[c-]ccc3c2sc2c([Si](C)(C)C)cccc23)c1.Cc1ccc(-c2[c-]cccc2)nc1.[Ir]. The zero-order valence-corrected chi connectivity index (χ0v) is 28.1. The van der Waals surface area contributed by atoms with Crippen LogP contribution in [0, 0.1) is 19.1 Å². The molecule has 2 nitrogen and oxygen atoms in total. The van der Waals surface area contributed by atoms with Gasteiger partial charge in [0.05, 0.1) is 8.07 Å². The van der Waals surface area contributed by atoms with Crippen LogP contribution >= 0.6 is 11.3 Å². The van der Waals surface area contributed by atoms with Crippen molar-refractivity contribution in [1.82, 2.24) is 9.97 Å². The summed E-state index contributed by atoms with van der Waals surface area (Å²) in [6.07, 6.45) is 3.80. The second kappa shape index (κ2) is 12.7. The van der Waals surface area contributed by atoms with Crippen molar-refractivity contribution in [2.45, 2.75) is 46.3 Å². The van der Waals surface area contributed by atoms with E-state index in [9.17, 15) is 0 Å². The third kappa shape index (κ3) is 6.50. The van der Waals surface area contributed by atoms with Crippen molar-refractivity contribution in [3.63, 3.8) is 0 Å². The average Bonchev–Trinajstić information content (AvgIpc) is 3.33. The van der Waals surface area contributed by atoms with Gasteiger partial charge in [-0.2, -0.15) is 11.3 Å². The molecule has 0 N–H and O–H groups in total. The maximum Gasteiger partial charge on any atom is 0.0794 e. The van der Waals surface area contributed by atoms with E-state index in [1.54, 1.807) is 5.19 Å². The number of hydrogen-bond donors (Lipinski definition) is 0. The van der Waals surface area contributed by atoms with Crippen LogP contribution in [0.3, 0.4) is 0 Å². The van der Waals surface area contributed by atoms with Crippen LogP contribution in [0.25, 0.3) is 42.7 Å². The Bertz CT molecular complexity index is 1720. The van der Waals surface area contributed by atoms with Gasteiger partial charge in [-0.1, -0.05) is 80.8 Å². The number of pyridine rings is 2. The molecule has 5 heteroatoms. The third-order valence-electron chi connectivity index (χ3n) is 6.87. The van der Waals surface area contributed by atoms with Gasteiger partial charge in [0.2, 0.25) is 0 Å². The molecule has 205 valence electrons. The standard InChI is InChI=1S/C23H24NSSi.C12H10N.Ir/c1-15(2)16-12-13-24-20(14-16)19-10-6-8-17-18-9-7-11-21(26(3,4)5)23(18)25-22(17)19;1-10-7-8-12(13-9-10)11-5-3-2-4-6-11;/h6-9,11-15H,1-5H3;2-5,7-9H,1H3;/q2*-1;. The molecule has 6 aromatic rings. The molecule has 0 aliphatic rings. The molecule has 3 aromatic carbocycles. The summed E-state index contributed by atoms with van der Waals surface area (Å²) in [6.45, 7) is 13.8. The van der Waals surface area contributed by atoms with Crippen LogP contribution in [0.5, 0.6) is 0 Å². The minimum atomic E-state index is -1.40. The Morgan fingerprint density at radius 2 is 1.57 bits per heavy atom. The second-order valence-electron chi connectivity index (χ2n) is 11.3. The van der Waals surface area contributed by atoms with Gasteiger partial charge in [-0.15, -0.1) is 59.7 Å². The Hall–Kier alpha value is -2.95. The van der Waals surface area contributed by atoms with Gasteiger partial charge in [0, 0.05) is 37.2 Å². The zero-order valence-electron chi connectivity index (χ0n) is 23.9. The van der Waals surface area contributed by atoms with Crippen LogP contribution in [-0.2, 0) is 20.1 Å². The van der Waals surface area contributed by atoms with Crippen LogP contribution in [0.2, 0.25) is 19.6 Å². The van der Waals surface area contributed by atoms with Crippen LogP contribution in [0.4, 0.5) is 0 Å². The number of thiophene rings is 1. The van der Waals surface area contributed by atoms with E-state index in [-0.39, 0.29) is 20.1 Å². The minimum absolute atomic E-state index is 0. The number of aromatic nitrogens is 2. The van der Waals surface area contributed by atoms with Crippen molar-refractivity contribution < 1.29 is 20.1 Å². The Balaban J connectivity index is 0.000000223. The van der Waals surface area contributed by atoms with Gasteiger partial charge in [0.25, 0.3) is 0 Å². The molecule has 0 saturated carbocycles. The number of hydrogen-bond acceptors (Lipinski definition) is 3. The fraction of sp³-hybridized carbons (Fsp3) is 0.200. The smallest absolute Gasteiger partial charge is 0.0794 e. The maximum absolute atomic E-state index is 4.67. The molecule has 0 saturated heterocycles. The molecule has 0 aliphatic heterocycles. The van der Waals surface area contributed by atoms with Crippen molar-refractivity contribution in [2.24, 2.45) is 0 Å². The summed E-state index contributed by atoms with van der Waals surface area (Å²) in [5, 5.41) is 4.25. The van der Waals surface area contributed by atoms with Crippen molar-refractivity contribution in [1.29, 1.82) is 0 Å². The largest absolute Gasteiger partial charge is 0.305 e. The van der Waals surface area contributed by atoms with Crippen LogP contribution < -0.4 is 5.19 Å². The quantitative estimate of drug-likeness (QED) is 0.133. The topological polar surface area (TPSA) is 25.8 Å². The first kappa shape index (κ1) is 30.0. The normalized spacial score (nSPS) is 11.3. The predicted octanol–water partition coefficient (Wildman–Crippen LogP) is 9.44. The van der Waals surface area contributed by atoms with Gasteiger partial charge in [-0.3, -0.25) is 0 Å². The van der Waals surface area contributed by atoms with Crippen molar-refractivity contribution in [2.75, 3.05) is 0 Å². The van der Waals surface area contributed by atoms with Gasteiger partial charge in [0.15, 0.2) is 0 Å². The molecular weight excluding hydrogens is 701 g/mol. The monoisotopic (exact) mass is 735 g/mol. The van der Waals surface area contributed by atoms with Crippen LogP contribution in [0.15, 0.2) is 91.3 Å². The summed E-state index contributed by atoms with van der Waals surface area (Å²) < 4.78 is 2.75. The molecular formula is C35H34IrN2SSi-2. The van der Waals surface area contributed by atoms with E-state index >= 15 is 0 Å². The maximum atomic E-state index is 4.67. The molecule has 3 heterocycles. The number of nitrogens with zero attached hydrogens (tertiary/aromatic N) is 2. The van der Waals surface area contributed by atoms with Crippen LogP contribution in [0.1, 0.15) is 30.9 Å². The average molecular weight is 735 g/mol. The Morgan fingerprint density at radius 1 is 0.775 bits per heavy atom. The predicted molar refractivity (Wildman–Crippen MR) is 172 cm³/mol. The van der Waals surface area contributed by atoms with Gasteiger partial charge in [-0.25, -0.2) is 0 Å². The summed E-state index contributed by atoms with van der Waals surface area (Å²) in [4.78, 5) is 8.98. The van der Waals surface area contributed by atoms with Gasteiger partial charge in [-0.05, 0) is 51.1 Å². The fourth-order valence-electron chi connectivity index (χ4n) is 4.67. The molecule has 0 unspecified atom stereocenters. The summed E-state index contributed by atoms with van der Waals surface area (Å²) in [5.74, 6) is 0.497. The molecule has 3 aromatic heterocycles. The van der Waals surface area contributed by atoms with E-state index in [1.165, 1.54) is 31.3 Å². The van der Waals surface area contributed by atoms with Gasteiger partial charge >= 0.3 is 0 Å². The molecule has 0 atom stereocenters. The van der Waals surface area contributed by atoms with E-state index in [4.69, 9.17) is 0 Å². The van der Waals surface area contributed by atoms with Gasteiger partial charge < -0.3 is 9.97 Å². The van der Waals surface area contributed by atoms with Crippen molar-refractivity contribution in [3.8, 4) is 22.5 Å². The first-order valence-electron chi connectivity index (χ1n) is 13.4. The molecule has 0 spiro atoms. The van der Waals surface area contributed by atoms with Gasteiger partial charge in [0.1, 0.15) is 0 Å². The number of benzene rings is 3. The van der Waals surface area contributed by atoms with E-state index < -0.39 is 8.07 Å². The van der Waals surface area contributed by atoms with E-state index in [0.29, 0.717) is 5.92 Å². The first-order valence-corrected chi connectivity index (χ1v) is 17.8. The molecule has 0 amide bonds.